The van der Waals surface area contributed by atoms with Crippen molar-refractivity contribution in [2.45, 2.75) is 44.8 Å². The fourth-order valence-corrected chi connectivity index (χ4v) is 2.46. The van der Waals surface area contributed by atoms with Crippen molar-refractivity contribution in [1.29, 1.82) is 0 Å². The molecule has 1 aliphatic rings. The van der Waals surface area contributed by atoms with E-state index in [9.17, 15) is 5.11 Å². The Morgan fingerprint density at radius 3 is 2.72 bits per heavy atom. The summed E-state index contributed by atoms with van der Waals surface area (Å²) in [5.74, 6) is 1.57. The predicted octanol–water partition coefficient (Wildman–Crippen LogP) is 2.39. The predicted molar refractivity (Wildman–Crippen MR) is 75.8 cm³/mol. The Hall–Kier alpha value is -0.880. The zero-order chi connectivity index (χ0) is 13.0. The van der Waals surface area contributed by atoms with Crippen LogP contribution in [0.2, 0.25) is 0 Å². The molecule has 100 valence electrons. The first-order chi connectivity index (χ1) is 8.69. The van der Waals surface area contributed by atoms with Crippen molar-refractivity contribution in [2.24, 2.45) is 0 Å². The highest BCUT2D eigenvalue weighted by atomic mass is 79.9. The molecule has 0 radical (unpaired) electrons. The van der Waals surface area contributed by atoms with Crippen LogP contribution < -0.4 is 10.6 Å². The monoisotopic (exact) mass is 314 g/mol. The van der Waals surface area contributed by atoms with Crippen LogP contribution in [0.4, 0.5) is 11.6 Å². The Labute approximate surface area is 116 Å². The Balaban J connectivity index is 2.05. The second kappa shape index (κ2) is 6.33. The van der Waals surface area contributed by atoms with Crippen LogP contribution >= 0.6 is 15.9 Å². The number of nitrogens with one attached hydrogen (secondary N) is 2. The Kier molecular flexibility index (Phi) is 4.77. The average Bonchev–Trinajstić information content (AvgIpc) is 2.36. The summed E-state index contributed by atoms with van der Waals surface area (Å²) in [5, 5.41) is 16.1. The van der Waals surface area contributed by atoms with Gasteiger partial charge in [0.05, 0.1) is 12.3 Å². The summed E-state index contributed by atoms with van der Waals surface area (Å²) < 4.78 is 0.725. The zero-order valence-electron chi connectivity index (χ0n) is 10.5. The molecule has 2 rings (SSSR count). The molecule has 0 unspecified atom stereocenters. The molecule has 0 amide bonds. The van der Waals surface area contributed by atoms with E-state index in [-0.39, 0.29) is 6.10 Å². The maximum absolute atomic E-state index is 9.50. The molecule has 1 aromatic heterocycles. The number of hydrogen-bond acceptors (Lipinski definition) is 5. The second-order valence-electron chi connectivity index (χ2n) is 4.57. The summed E-state index contributed by atoms with van der Waals surface area (Å²) in [7, 11) is 0. The normalized spacial score (nSPS) is 23.7. The van der Waals surface area contributed by atoms with Gasteiger partial charge in [0.15, 0.2) is 11.6 Å². The van der Waals surface area contributed by atoms with E-state index in [4.69, 9.17) is 0 Å². The third-order valence-corrected chi connectivity index (χ3v) is 3.51. The number of aromatic nitrogens is 2. The lowest BCUT2D eigenvalue weighted by atomic mass is 9.93. The molecular formula is C12H19BrN4O. The number of rotatable bonds is 4. The minimum atomic E-state index is -0.134. The zero-order valence-corrected chi connectivity index (χ0v) is 12.1. The van der Waals surface area contributed by atoms with Crippen molar-refractivity contribution in [1.82, 2.24) is 9.97 Å². The Bertz CT molecular complexity index is 394. The maximum Gasteiger partial charge on any atom is 0.170 e. The van der Waals surface area contributed by atoms with Crippen LogP contribution in [0.15, 0.2) is 10.8 Å². The molecule has 1 fully saturated rings. The molecule has 5 nitrogen and oxygen atoms in total. The van der Waals surface area contributed by atoms with E-state index >= 15 is 0 Å². The molecule has 6 heteroatoms. The van der Waals surface area contributed by atoms with E-state index in [2.05, 4.69) is 36.5 Å². The molecule has 0 spiro atoms. The quantitative estimate of drug-likeness (QED) is 0.796. The third kappa shape index (κ3) is 3.55. The maximum atomic E-state index is 9.50. The van der Waals surface area contributed by atoms with Crippen LogP contribution in [0.1, 0.15) is 32.6 Å². The number of nitrogens with zero attached hydrogens (tertiary/aromatic N) is 2. The van der Waals surface area contributed by atoms with Crippen LogP contribution in [0, 0.1) is 0 Å². The number of aliphatic hydroxyl groups is 1. The van der Waals surface area contributed by atoms with E-state index in [0.29, 0.717) is 6.04 Å². The van der Waals surface area contributed by atoms with Gasteiger partial charge in [-0.25, -0.2) is 9.97 Å². The molecule has 3 N–H and O–H groups in total. The first kappa shape index (κ1) is 13.5. The SMILES string of the molecule is CCNc1ncc(Br)nc1NC1CCC(O)CC1. The molecule has 1 aromatic rings. The highest BCUT2D eigenvalue weighted by molar-refractivity contribution is 9.10. The van der Waals surface area contributed by atoms with E-state index in [1.807, 2.05) is 6.92 Å². The molecule has 0 aromatic carbocycles. The van der Waals surface area contributed by atoms with Gasteiger partial charge in [0.25, 0.3) is 0 Å². The summed E-state index contributed by atoms with van der Waals surface area (Å²) in [4.78, 5) is 8.74. The fraction of sp³-hybridized carbons (Fsp3) is 0.667. The minimum absolute atomic E-state index is 0.134. The molecule has 0 aliphatic heterocycles. The van der Waals surface area contributed by atoms with Crippen LogP contribution in [0.25, 0.3) is 0 Å². The molecule has 0 atom stereocenters. The highest BCUT2D eigenvalue weighted by Crippen LogP contribution is 2.25. The number of anilines is 2. The molecule has 1 heterocycles. The summed E-state index contributed by atoms with van der Waals surface area (Å²) in [5.41, 5.74) is 0. The third-order valence-electron chi connectivity index (χ3n) is 3.12. The molecule has 18 heavy (non-hydrogen) atoms. The highest BCUT2D eigenvalue weighted by Gasteiger charge is 2.20. The Morgan fingerprint density at radius 1 is 1.33 bits per heavy atom. The van der Waals surface area contributed by atoms with Gasteiger partial charge in [0.2, 0.25) is 0 Å². The number of hydrogen-bond donors (Lipinski definition) is 3. The summed E-state index contributed by atoms with van der Waals surface area (Å²) in [6.45, 7) is 2.85. The topological polar surface area (TPSA) is 70.1 Å². The van der Waals surface area contributed by atoms with Gasteiger partial charge < -0.3 is 15.7 Å². The van der Waals surface area contributed by atoms with Crippen LogP contribution in [-0.4, -0.2) is 33.8 Å². The second-order valence-corrected chi connectivity index (χ2v) is 5.38. The van der Waals surface area contributed by atoms with E-state index < -0.39 is 0 Å². The van der Waals surface area contributed by atoms with Crippen molar-refractivity contribution in [3.05, 3.63) is 10.8 Å². The Morgan fingerprint density at radius 2 is 2.06 bits per heavy atom. The van der Waals surface area contributed by atoms with Gasteiger partial charge in [-0.1, -0.05) is 0 Å². The smallest absolute Gasteiger partial charge is 0.170 e. The van der Waals surface area contributed by atoms with Crippen molar-refractivity contribution < 1.29 is 5.11 Å². The van der Waals surface area contributed by atoms with Crippen molar-refractivity contribution in [2.75, 3.05) is 17.2 Å². The lowest BCUT2D eigenvalue weighted by Gasteiger charge is -2.27. The summed E-state index contributed by atoms with van der Waals surface area (Å²) in [6.07, 6.45) is 5.21. The van der Waals surface area contributed by atoms with Gasteiger partial charge in [-0.3, -0.25) is 0 Å². The van der Waals surface area contributed by atoms with Crippen LogP contribution in [0.3, 0.4) is 0 Å². The minimum Gasteiger partial charge on any atom is -0.393 e. The number of aliphatic hydroxyl groups excluding tert-OH is 1. The lowest BCUT2D eigenvalue weighted by molar-refractivity contribution is 0.126. The fourth-order valence-electron chi connectivity index (χ4n) is 2.18. The van der Waals surface area contributed by atoms with Gasteiger partial charge in [-0.05, 0) is 48.5 Å². The van der Waals surface area contributed by atoms with Crippen molar-refractivity contribution >= 4 is 27.6 Å². The molecule has 1 saturated carbocycles. The van der Waals surface area contributed by atoms with Gasteiger partial charge in [0.1, 0.15) is 4.60 Å². The van der Waals surface area contributed by atoms with E-state index in [0.717, 1.165) is 48.5 Å². The summed E-state index contributed by atoms with van der Waals surface area (Å²) in [6, 6.07) is 0.370. The van der Waals surface area contributed by atoms with Gasteiger partial charge in [0, 0.05) is 12.6 Å². The van der Waals surface area contributed by atoms with Crippen LogP contribution in [-0.2, 0) is 0 Å². The van der Waals surface area contributed by atoms with Gasteiger partial charge >= 0.3 is 0 Å². The molecule has 1 aliphatic carbocycles. The molecule has 0 saturated heterocycles. The summed E-state index contributed by atoms with van der Waals surface area (Å²) >= 11 is 3.34. The van der Waals surface area contributed by atoms with Gasteiger partial charge in [-0.15, -0.1) is 0 Å². The van der Waals surface area contributed by atoms with E-state index in [1.165, 1.54) is 0 Å². The average molecular weight is 315 g/mol. The van der Waals surface area contributed by atoms with Crippen molar-refractivity contribution in [3.63, 3.8) is 0 Å². The first-order valence-electron chi connectivity index (χ1n) is 6.40. The van der Waals surface area contributed by atoms with Crippen molar-refractivity contribution in [3.8, 4) is 0 Å². The van der Waals surface area contributed by atoms with E-state index in [1.54, 1.807) is 6.20 Å². The standard InChI is InChI=1S/C12H19BrN4O/c1-2-14-11-12(17-10(13)7-15-11)16-8-3-5-9(18)6-4-8/h7-9,18H,2-6H2,1H3,(H,14,15)(H,16,17). The van der Waals surface area contributed by atoms with Gasteiger partial charge in [-0.2, -0.15) is 0 Å². The number of halogens is 1. The van der Waals surface area contributed by atoms with Crippen LogP contribution in [0.5, 0.6) is 0 Å². The largest absolute Gasteiger partial charge is 0.393 e. The lowest BCUT2D eigenvalue weighted by Crippen LogP contribution is -2.29. The molecule has 0 bridgehead atoms. The first-order valence-corrected chi connectivity index (χ1v) is 7.19. The molecular weight excluding hydrogens is 296 g/mol.